The van der Waals surface area contributed by atoms with Gasteiger partial charge in [-0.05, 0) is 0 Å². The van der Waals surface area contributed by atoms with Crippen LogP contribution in [0.1, 0.15) is 0 Å². The van der Waals surface area contributed by atoms with E-state index in [1.54, 1.807) is 0 Å². The van der Waals surface area contributed by atoms with Gasteiger partial charge in [-0.2, -0.15) is 5.16 Å². The highest BCUT2D eigenvalue weighted by atomic mass is 35.5. The minimum Gasteiger partial charge on any atom is -0.336 e. The molecule has 0 aliphatic carbocycles. The van der Waals surface area contributed by atoms with Crippen LogP contribution in [0.25, 0.3) is 11.0 Å². The van der Waals surface area contributed by atoms with E-state index in [1.807, 2.05) is 0 Å². The van der Waals surface area contributed by atoms with Crippen molar-refractivity contribution in [2.24, 2.45) is 0 Å². The topological polar surface area (TPSA) is 71.8 Å². The van der Waals surface area contributed by atoms with Crippen LogP contribution >= 0.6 is 11.6 Å². The Morgan fingerprint density at radius 1 is 1.55 bits per heavy atom. The van der Waals surface area contributed by atoms with Crippen molar-refractivity contribution < 1.29 is 4.52 Å². The van der Waals surface area contributed by atoms with Gasteiger partial charge in [-0.25, -0.2) is 14.8 Å². The van der Waals surface area contributed by atoms with E-state index < -0.39 is 5.63 Å². The Morgan fingerprint density at radius 3 is 3.09 bits per heavy atom. The molecule has 0 bridgehead atoms. The molecule has 2 aromatic heterocycles. The largest absolute Gasteiger partial charge is 0.369 e. The standard InChI is InChI=1S/C5H2ClN3O2/c6-3-2-4(8-1-7-3)9-11-5(2)10/h1H,(H,7,8,9). The zero-order chi connectivity index (χ0) is 7.84. The molecule has 56 valence electrons. The third-order valence-corrected chi connectivity index (χ3v) is 1.53. The van der Waals surface area contributed by atoms with Crippen LogP contribution in [0.4, 0.5) is 0 Å². The second kappa shape index (κ2) is 2.06. The molecule has 0 saturated carbocycles. The van der Waals surface area contributed by atoms with Crippen molar-refractivity contribution in [3.8, 4) is 0 Å². The third kappa shape index (κ3) is 0.813. The van der Waals surface area contributed by atoms with Gasteiger partial charge in [0.05, 0.1) is 0 Å². The van der Waals surface area contributed by atoms with Crippen LogP contribution in [-0.2, 0) is 0 Å². The van der Waals surface area contributed by atoms with Crippen LogP contribution in [0.15, 0.2) is 15.6 Å². The number of nitrogens with zero attached hydrogens (tertiary/aromatic N) is 2. The predicted molar refractivity (Wildman–Crippen MR) is 37.4 cm³/mol. The van der Waals surface area contributed by atoms with E-state index in [4.69, 9.17) is 11.6 Å². The van der Waals surface area contributed by atoms with Crippen LogP contribution in [-0.4, -0.2) is 15.1 Å². The smallest absolute Gasteiger partial charge is 0.336 e. The molecule has 0 aliphatic heterocycles. The molecule has 1 N–H and O–H groups in total. The molecule has 0 amide bonds. The molecule has 2 rings (SSSR count). The van der Waals surface area contributed by atoms with Crippen molar-refractivity contribution in [3.63, 3.8) is 0 Å². The summed E-state index contributed by atoms with van der Waals surface area (Å²) >= 11 is 5.57. The van der Waals surface area contributed by atoms with Gasteiger partial charge in [0.25, 0.3) is 0 Å². The Kier molecular flexibility index (Phi) is 1.19. The predicted octanol–water partition coefficient (Wildman–Crippen LogP) is 0.565. The first-order valence-corrected chi connectivity index (χ1v) is 3.14. The summed E-state index contributed by atoms with van der Waals surface area (Å²) in [5, 5.41) is 2.60. The fourth-order valence-corrected chi connectivity index (χ4v) is 0.978. The highest BCUT2D eigenvalue weighted by molar-refractivity contribution is 6.33. The average molecular weight is 172 g/mol. The van der Waals surface area contributed by atoms with Crippen LogP contribution in [0.5, 0.6) is 0 Å². The summed E-state index contributed by atoms with van der Waals surface area (Å²) < 4.78 is 4.43. The maximum Gasteiger partial charge on any atom is 0.369 e. The van der Waals surface area contributed by atoms with Gasteiger partial charge in [0.2, 0.25) is 0 Å². The average Bonchev–Trinajstić information content (AvgIpc) is 2.34. The Labute approximate surface area is 65.0 Å². The lowest BCUT2D eigenvalue weighted by atomic mass is 10.4. The fourth-order valence-electron chi connectivity index (χ4n) is 0.768. The van der Waals surface area contributed by atoms with Gasteiger partial charge < -0.3 is 4.52 Å². The summed E-state index contributed by atoms with van der Waals surface area (Å²) in [6.45, 7) is 0. The van der Waals surface area contributed by atoms with E-state index >= 15 is 0 Å². The van der Waals surface area contributed by atoms with Crippen molar-refractivity contribution in [2.45, 2.75) is 0 Å². The van der Waals surface area contributed by atoms with E-state index in [0.29, 0.717) is 5.65 Å². The molecule has 0 aliphatic rings. The number of nitrogens with one attached hydrogen (secondary N) is 1. The molecule has 11 heavy (non-hydrogen) atoms. The van der Waals surface area contributed by atoms with E-state index in [9.17, 15) is 4.79 Å². The normalized spacial score (nSPS) is 10.6. The van der Waals surface area contributed by atoms with Crippen LogP contribution < -0.4 is 5.63 Å². The molecular formula is C5H2ClN3O2. The van der Waals surface area contributed by atoms with Gasteiger partial charge in [0.15, 0.2) is 5.65 Å². The number of hydrogen-bond donors (Lipinski definition) is 1. The van der Waals surface area contributed by atoms with Crippen molar-refractivity contribution in [1.29, 1.82) is 0 Å². The van der Waals surface area contributed by atoms with Crippen LogP contribution in [0.3, 0.4) is 0 Å². The van der Waals surface area contributed by atoms with E-state index in [-0.39, 0.29) is 10.5 Å². The number of H-pyrrole nitrogens is 1. The van der Waals surface area contributed by atoms with Crippen molar-refractivity contribution in [3.05, 3.63) is 21.9 Å². The Morgan fingerprint density at radius 2 is 2.36 bits per heavy atom. The lowest BCUT2D eigenvalue weighted by Gasteiger charge is -1.84. The SMILES string of the molecule is O=c1o[nH]c2ncnc(Cl)c12. The number of aromatic amines is 1. The van der Waals surface area contributed by atoms with Crippen molar-refractivity contribution >= 4 is 22.6 Å². The summed E-state index contributed by atoms with van der Waals surface area (Å²) in [6, 6.07) is 0. The zero-order valence-corrected chi connectivity index (χ0v) is 5.92. The maximum absolute atomic E-state index is 10.8. The molecule has 2 heterocycles. The summed E-state index contributed by atoms with van der Waals surface area (Å²) in [5.41, 5.74) is -0.236. The number of hydrogen-bond acceptors (Lipinski definition) is 4. The summed E-state index contributed by atoms with van der Waals surface area (Å²) in [5.74, 6) is 0. The number of rotatable bonds is 0. The van der Waals surface area contributed by atoms with E-state index in [0.717, 1.165) is 0 Å². The molecule has 0 aromatic carbocycles. The van der Waals surface area contributed by atoms with Crippen LogP contribution in [0.2, 0.25) is 5.15 Å². The van der Waals surface area contributed by atoms with Gasteiger partial charge in [0.1, 0.15) is 16.9 Å². The van der Waals surface area contributed by atoms with Crippen LogP contribution in [0, 0.1) is 0 Å². The van der Waals surface area contributed by atoms with E-state index in [1.165, 1.54) is 6.33 Å². The Balaban J connectivity index is 3.08. The fraction of sp³-hybridized carbons (Fsp3) is 0. The van der Waals surface area contributed by atoms with Gasteiger partial charge in [-0.1, -0.05) is 11.6 Å². The first kappa shape index (κ1) is 6.36. The molecular weight excluding hydrogens is 170 g/mol. The number of halogens is 1. The minimum atomic E-state index is -0.550. The van der Waals surface area contributed by atoms with E-state index in [2.05, 4.69) is 19.6 Å². The monoisotopic (exact) mass is 171 g/mol. The molecule has 5 nitrogen and oxygen atoms in total. The first-order valence-electron chi connectivity index (χ1n) is 2.76. The van der Waals surface area contributed by atoms with Gasteiger partial charge in [-0.3, -0.25) is 0 Å². The van der Waals surface area contributed by atoms with Gasteiger partial charge >= 0.3 is 5.63 Å². The number of aromatic nitrogens is 3. The highest BCUT2D eigenvalue weighted by Crippen LogP contribution is 2.12. The molecule has 6 heteroatoms. The highest BCUT2D eigenvalue weighted by Gasteiger charge is 2.08. The summed E-state index contributed by atoms with van der Waals surface area (Å²) in [6.07, 6.45) is 1.25. The quantitative estimate of drug-likeness (QED) is 0.588. The molecule has 0 radical (unpaired) electrons. The summed E-state index contributed by atoms with van der Waals surface area (Å²) in [7, 11) is 0. The minimum absolute atomic E-state index is 0.102. The van der Waals surface area contributed by atoms with Gasteiger partial charge in [-0.15, -0.1) is 0 Å². The number of fused-ring (bicyclic) bond motifs is 1. The molecule has 0 spiro atoms. The summed E-state index contributed by atoms with van der Waals surface area (Å²) in [4.78, 5) is 18.2. The third-order valence-electron chi connectivity index (χ3n) is 1.25. The first-order chi connectivity index (χ1) is 5.29. The van der Waals surface area contributed by atoms with Gasteiger partial charge in [0, 0.05) is 0 Å². The van der Waals surface area contributed by atoms with Crippen molar-refractivity contribution in [1.82, 2.24) is 15.1 Å². The lowest BCUT2D eigenvalue weighted by molar-refractivity contribution is 0.398. The molecule has 0 fully saturated rings. The molecule has 0 unspecified atom stereocenters. The second-order valence-electron chi connectivity index (χ2n) is 1.88. The molecule has 0 atom stereocenters. The zero-order valence-electron chi connectivity index (χ0n) is 5.17. The Bertz CT molecular complexity index is 446. The molecule has 0 saturated heterocycles. The van der Waals surface area contributed by atoms with Crippen molar-refractivity contribution in [2.75, 3.05) is 0 Å². The Hall–Kier alpha value is -1.36. The maximum atomic E-state index is 10.8. The lowest BCUT2D eigenvalue weighted by Crippen LogP contribution is -1.93. The molecule has 2 aromatic rings. The second-order valence-corrected chi connectivity index (χ2v) is 2.24.